The molecule has 0 bridgehead atoms. The van der Waals surface area contributed by atoms with E-state index >= 15 is 0 Å². The summed E-state index contributed by atoms with van der Waals surface area (Å²) in [5, 5.41) is 0. The quantitative estimate of drug-likeness (QED) is 0.720. The number of halogens is 1. The van der Waals surface area contributed by atoms with Gasteiger partial charge in [0.1, 0.15) is 5.82 Å². The topological polar surface area (TPSA) is 46.1 Å². The Bertz CT molecular complexity index is 1020. The summed E-state index contributed by atoms with van der Waals surface area (Å²) in [4.78, 5) is 22.9. The number of amides is 1. The average molecular weight is 347 g/mol. The lowest BCUT2D eigenvalue weighted by Gasteiger charge is -2.19. The summed E-state index contributed by atoms with van der Waals surface area (Å²) in [6, 6.07) is 8.89. The number of fused-ring (bicyclic) bond motifs is 1. The van der Waals surface area contributed by atoms with E-state index in [1.807, 2.05) is 19.1 Å². The van der Waals surface area contributed by atoms with Crippen LogP contribution < -0.4 is 4.90 Å². The Morgan fingerprint density at radius 1 is 1.08 bits per heavy atom. The Morgan fingerprint density at radius 3 is 2.69 bits per heavy atom. The molecule has 2 aromatic heterocycles. The molecule has 1 aromatic carbocycles. The number of aromatic nitrogens is 2. The number of anilines is 1. The first-order chi connectivity index (χ1) is 12.5. The van der Waals surface area contributed by atoms with Gasteiger partial charge < -0.3 is 4.90 Å². The van der Waals surface area contributed by atoms with Gasteiger partial charge in [-0.3, -0.25) is 14.8 Å². The van der Waals surface area contributed by atoms with Crippen LogP contribution >= 0.6 is 0 Å². The molecule has 4 rings (SSSR count). The number of nitrogens with zero attached hydrogens (tertiary/aromatic N) is 3. The van der Waals surface area contributed by atoms with Crippen LogP contribution in [0.15, 0.2) is 48.9 Å². The van der Waals surface area contributed by atoms with Crippen LogP contribution in [0.3, 0.4) is 0 Å². The third-order valence-corrected chi connectivity index (χ3v) is 4.83. The van der Waals surface area contributed by atoms with Gasteiger partial charge in [-0.25, -0.2) is 4.39 Å². The molecular formula is C21H18FN3O. The minimum Gasteiger partial charge on any atom is -0.306 e. The van der Waals surface area contributed by atoms with Gasteiger partial charge in [-0.2, -0.15) is 0 Å². The van der Waals surface area contributed by atoms with Crippen LogP contribution in [0.4, 0.5) is 10.1 Å². The third kappa shape index (κ3) is 2.86. The van der Waals surface area contributed by atoms with E-state index < -0.39 is 0 Å². The second-order valence-electron chi connectivity index (χ2n) is 6.61. The highest BCUT2D eigenvalue weighted by molar-refractivity contribution is 6.01. The molecule has 26 heavy (non-hydrogen) atoms. The molecule has 0 spiro atoms. The van der Waals surface area contributed by atoms with Crippen molar-refractivity contribution in [2.75, 3.05) is 4.90 Å². The molecule has 3 heterocycles. The minimum absolute atomic E-state index is 0.0307. The fourth-order valence-corrected chi connectivity index (χ4v) is 3.21. The number of pyridine rings is 2. The summed E-state index contributed by atoms with van der Waals surface area (Å²) in [7, 11) is 0. The monoisotopic (exact) mass is 347 g/mol. The van der Waals surface area contributed by atoms with Crippen molar-refractivity contribution in [2.24, 2.45) is 0 Å². The van der Waals surface area contributed by atoms with E-state index in [-0.39, 0.29) is 11.7 Å². The molecule has 130 valence electrons. The van der Waals surface area contributed by atoms with Crippen LogP contribution in [-0.4, -0.2) is 15.9 Å². The first-order valence-corrected chi connectivity index (χ1v) is 8.48. The minimum atomic E-state index is -0.230. The summed E-state index contributed by atoms with van der Waals surface area (Å²) in [5.74, 6) is -0.199. The van der Waals surface area contributed by atoms with Crippen LogP contribution in [0, 0.1) is 19.7 Å². The van der Waals surface area contributed by atoms with Gasteiger partial charge in [-0.1, -0.05) is 6.07 Å². The molecule has 0 fully saturated rings. The molecule has 1 aliphatic heterocycles. The van der Waals surface area contributed by atoms with Crippen LogP contribution in [0.25, 0.3) is 11.1 Å². The molecule has 0 aliphatic carbocycles. The van der Waals surface area contributed by atoms with Crippen LogP contribution in [0.1, 0.15) is 22.4 Å². The van der Waals surface area contributed by atoms with Crippen molar-refractivity contribution in [2.45, 2.75) is 26.8 Å². The van der Waals surface area contributed by atoms with E-state index in [1.54, 1.807) is 42.5 Å². The van der Waals surface area contributed by atoms with Gasteiger partial charge in [0.15, 0.2) is 0 Å². The summed E-state index contributed by atoms with van der Waals surface area (Å²) in [6.45, 7) is 4.22. The summed E-state index contributed by atoms with van der Waals surface area (Å²) in [5.41, 5.74) is 6.04. The maximum atomic E-state index is 13.6. The van der Waals surface area contributed by atoms with Crippen LogP contribution in [0.2, 0.25) is 0 Å². The van der Waals surface area contributed by atoms with Gasteiger partial charge >= 0.3 is 0 Å². The summed E-state index contributed by atoms with van der Waals surface area (Å²) >= 11 is 0. The molecular weight excluding hydrogens is 329 g/mol. The maximum Gasteiger partial charge on any atom is 0.233 e. The molecule has 0 radical (unpaired) electrons. The zero-order valence-corrected chi connectivity index (χ0v) is 14.7. The standard InChI is InChI=1S/C21H18FN3O/c1-13-5-6-23-10-17(13)12-25-20-8-16(11-24-19(20)9-21(25)26)15-3-4-18(22)14(2)7-15/h3-8,10-11H,9,12H2,1-2H3. The summed E-state index contributed by atoms with van der Waals surface area (Å²) < 4.78 is 13.6. The highest BCUT2D eigenvalue weighted by Gasteiger charge is 2.29. The lowest BCUT2D eigenvalue weighted by atomic mass is 10.0. The van der Waals surface area contributed by atoms with E-state index in [2.05, 4.69) is 9.97 Å². The van der Waals surface area contributed by atoms with Gasteiger partial charge in [0, 0.05) is 24.2 Å². The van der Waals surface area contributed by atoms with E-state index in [4.69, 9.17) is 0 Å². The predicted octanol–water partition coefficient (Wildman–Crippen LogP) is 3.99. The lowest BCUT2D eigenvalue weighted by Crippen LogP contribution is -2.26. The van der Waals surface area contributed by atoms with Crippen molar-refractivity contribution in [1.82, 2.24) is 9.97 Å². The lowest BCUT2D eigenvalue weighted by molar-refractivity contribution is -0.117. The largest absolute Gasteiger partial charge is 0.306 e. The zero-order valence-electron chi connectivity index (χ0n) is 14.7. The van der Waals surface area contributed by atoms with E-state index in [0.29, 0.717) is 18.5 Å². The Balaban J connectivity index is 1.72. The Kier molecular flexibility index (Phi) is 3.99. The van der Waals surface area contributed by atoms with Crippen molar-refractivity contribution >= 4 is 11.6 Å². The highest BCUT2D eigenvalue weighted by atomic mass is 19.1. The molecule has 3 aromatic rings. The number of carbonyl (C=O) groups is 1. The van der Waals surface area contributed by atoms with Gasteiger partial charge in [-0.05, 0) is 60.4 Å². The van der Waals surface area contributed by atoms with Crippen molar-refractivity contribution < 1.29 is 9.18 Å². The van der Waals surface area contributed by atoms with Crippen LogP contribution in [-0.2, 0) is 17.8 Å². The van der Waals surface area contributed by atoms with E-state index in [0.717, 1.165) is 33.6 Å². The number of carbonyl (C=O) groups excluding carboxylic acids is 1. The van der Waals surface area contributed by atoms with Gasteiger partial charge in [0.2, 0.25) is 5.91 Å². The Labute approximate surface area is 151 Å². The summed E-state index contributed by atoms with van der Waals surface area (Å²) in [6.07, 6.45) is 5.59. The predicted molar refractivity (Wildman–Crippen MR) is 98.2 cm³/mol. The zero-order chi connectivity index (χ0) is 18.3. The molecule has 0 N–H and O–H groups in total. The molecule has 0 saturated carbocycles. The van der Waals surface area contributed by atoms with Crippen molar-refractivity contribution in [3.8, 4) is 11.1 Å². The van der Waals surface area contributed by atoms with E-state index in [9.17, 15) is 9.18 Å². The molecule has 0 atom stereocenters. The second kappa shape index (κ2) is 6.33. The van der Waals surface area contributed by atoms with Gasteiger partial charge in [-0.15, -0.1) is 0 Å². The van der Waals surface area contributed by atoms with E-state index in [1.165, 1.54) is 6.07 Å². The fraction of sp³-hybridized carbons (Fsp3) is 0.190. The second-order valence-corrected chi connectivity index (χ2v) is 6.61. The fourth-order valence-electron chi connectivity index (χ4n) is 3.21. The Morgan fingerprint density at radius 2 is 1.92 bits per heavy atom. The molecule has 4 nitrogen and oxygen atoms in total. The molecule has 1 amide bonds. The molecule has 0 saturated heterocycles. The number of benzene rings is 1. The number of hydrogen-bond acceptors (Lipinski definition) is 3. The maximum absolute atomic E-state index is 13.6. The number of rotatable bonds is 3. The average Bonchev–Trinajstić information content (AvgIpc) is 2.94. The third-order valence-electron chi connectivity index (χ3n) is 4.83. The van der Waals surface area contributed by atoms with Crippen molar-refractivity contribution in [3.63, 3.8) is 0 Å². The first-order valence-electron chi connectivity index (χ1n) is 8.48. The SMILES string of the molecule is Cc1cc(-c2cnc3c(c2)N(Cc2cnccc2C)C(=O)C3)ccc1F. The van der Waals surface area contributed by atoms with Gasteiger partial charge in [0.05, 0.1) is 24.3 Å². The Hall–Kier alpha value is -3.08. The highest BCUT2D eigenvalue weighted by Crippen LogP contribution is 2.33. The smallest absolute Gasteiger partial charge is 0.233 e. The first kappa shape index (κ1) is 16.4. The number of hydrogen-bond donors (Lipinski definition) is 0. The van der Waals surface area contributed by atoms with Crippen molar-refractivity contribution in [3.05, 3.63) is 77.1 Å². The molecule has 1 aliphatic rings. The molecule has 0 unspecified atom stereocenters. The van der Waals surface area contributed by atoms with Gasteiger partial charge in [0.25, 0.3) is 0 Å². The van der Waals surface area contributed by atoms with Crippen LogP contribution in [0.5, 0.6) is 0 Å². The van der Waals surface area contributed by atoms with Crippen molar-refractivity contribution in [1.29, 1.82) is 0 Å². The molecule has 5 heteroatoms. The normalized spacial score (nSPS) is 13.2. The number of aryl methyl sites for hydroxylation is 2.